The van der Waals surface area contributed by atoms with Gasteiger partial charge < -0.3 is 9.52 Å². The predicted molar refractivity (Wildman–Crippen MR) is 82.0 cm³/mol. The van der Waals surface area contributed by atoms with Crippen LogP contribution < -0.4 is 5.43 Å². The molecule has 0 aliphatic rings. The summed E-state index contributed by atoms with van der Waals surface area (Å²) in [4.78, 5) is 12.2. The Labute approximate surface area is 123 Å². The van der Waals surface area contributed by atoms with E-state index in [0.29, 0.717) is 21.2 Å². The standard InChI is InChI=1S/C16H11BrO3/c1-9-4-2-3-5-10(9)14-8-13(19)11-6-7-12(18)15(17)16(11)20-14/h2-8,18H,1H3. The van der Waals surface area contributed by atoms with Gasteiger partial charge in [0.1, 0.15) is 16.0 Å². The molecule has 2 aromatic carbocycles. The van der Waals surface area contributed by atoms with Crippen molar-refractivity contribution in [2.24, 2.45) is 0 Å². The first-order valence-corrected chi connectivity index (χ1v) is 6.88. The predicted octanol–water partition coefficient (Wildman–Crippen LogP) is 4.24. The lowest BCUT2D eigenvalue weighted by molar-refractivity contribution is 0.470. The molecule has 100 valence electrons. The first kappa shape index (κ1) is 12.9. The molecule has 3 aromatic rings. The van der Waals surface area contributed by atoms with Gasteiger partial charge in [0.15, 0.2) is 11.0 Å². The summed E-state index contributed by atoms with van der Waals surface area (Å²) in [5.41, 5.74) is 2.11. The minimum absolute atomic E-state index is 0.0441. The highest BCUT2D eigenvalue weighted by molar-refractivity contribution is 9.10. The molecule has 0 unspecified atom stereocenters. The molecule has 0 spiro atoms. The van der Waals surface area contributed by atoms with Crippen molar-refractivity contribution in [3.05, 3.63) is 62.7 Å². The number of hydrogen-bond donors (Lipinski definition) is 1. The molecular weight excluding hydrogens is 320 g/mol. The smallest absolute Gasteiger partial charge is 0.193 e. The van der Waals surface area contributed by atoms with Crippen molar-refractivity contribution in [2.75, 3.05) is 0 Å². The van der Waals surface area contributed by atoms with E-state index < -0.39 is 0 Å². The third-order valence-electron chi connectivity index (χ3n) is 3.23. The maximum Gasteiger partial charge on any atom is 0.193 e. The summed E-state index contributed by atoms with van der Waals surface area (Å²) in [6, 6.07) is 12.2. The van der Waals surface area contributed by atoms with Crippen molar-refractivity contribution >= 4 is 26.9 Å². The Hall–Kier alpha value is -2.07. The van der Waals surface area contributed by atoms with Crippen LogP contribution in [-0.2, 0) is 0 Å². The Morgan fingerprint density at radius 3 is 2.65 bits per heavy atom. The third-order valence-corrected chi connectivity index (χ3v) is 3.99. The average molecular weight is 331 g/mol. The molecule has 3 nitrogen and oxygen atoms in total. The molecule has 0 fully saturated rings. The van der Waals surface area contributed by atoms with Crippen LogP contribution in [0.15, 0.2) is 56.1 Å². The first-order chi connectivity index (χ1) is 9.58. The summed E-state index contributed by atoms with van der Waals surface area (Å²) in [6.07, 6.45) is 0. The second-order valence-corrected chi connectivity index (χ2v) is 5.36. The molecule has 4 heteroatoms. The lowest BCUT2D eigenvalue weighted by atomic mass is 10.1. The lowest BCUT2D eigenvalue weighted by Crippen LogP contribution is -2.01. The zero-order valence-electron chi connectivity index (χ0n) is 10.7. The van der Waals surface area contributed by atoms with Gasteiger partial charge in [-0.15, -0.1) is 0 Å². The van der Waals surface area contributed by atoms with Gasteiger partial charge in [0.05, 0.1) is 5.39 Å². The van der Waals surface area contributed by atoms with Gasteiger partial charge in [-0.05, 0) is 40.5 Å². The minimum atomic E-state index is -0.134. The van der Waals surface area contributed by atoms with Gasteiger partial charge in [-0.2, -0.15) is 0 Å². The van der Waals surface area contributed by atoms with Gasteiger partial charge in [0.25, 0.3) is 0 Å². The Kier molecular flexibility index (Phi) is 3.10. The molecule has 0 saturated heterocycles. The Bertz CT molecular complexity index is 865. The van der Waals surface area contributed by atoms with Crippen molar-refractivity contribution in [1.82, 2.24) is 0 Å². The molecule has 20 heavy (non-hydrogen) atoms. The van der Waals surface area contributed by atoms with E-state index in [4.69, 9.17) is 4.42 Å². The number of phenols is 1. The number of phenolic OH excluding ortho intramolecular Hbond substituents is 1. The van der Waals surface area contributed by atoms with E-state index in [9.17, 15) is 9.90 Å². The van der Waals surface area contributed by atoms with Crippen LogP contribution in [0.5, 0.6) is 5.75 Å². The highest BCUT2D eigenvalue weighted by atomic mass is 79.9. The van der Waals surface area contributed by atoms with Crippen molar-refractivity contribution in [3.63, 3.8) is 0 Å². The number of rotatable bonds is 1. The zero-order chi connectivity index (χ0) is 14.3. The highest BCUT2D eigenvalue weighted by Gasteiger charge is 2.13. The molecule has 0 amide bonds. The number of aromatic hydroxyl groups is 1. The second-order valence-electron chi connectivity index (χ2n) is 4.57. The maximum atomic E-state index is 12.2. The quantitative estimate of drug-likeness (QED) is 0.726. The van der Waals surface area contributed by atoms with Gasteiger partial charge in [-0.1, -0.05) is 24.3 Å². The summed E-state index contributed by atoms with van der Waals surface area (Å²) in [5, 5.41) is 10.2. The van der Waals surface area contributed by atoms with E-state index in [2.05, 4.69) is 15.9 Å². The van der Waals surface area contributed by atoms with Gasteiger partial charge in [0, 0.05) is 11.6 Å². The van der Waals surface area contributed by atoms with Crippen molar-refractivity contribution in [2.45, 2.75) is 6.92 Å². The fourth-order valence-electron chi connectivity index (χ4n) is 2.16. The van der Waals surface area contributed by atoms with Crippen molar-refractivity contribution < 1.29 is 9.52 Å². The highest BCUT2D eigenvalue weighted by Crippen LogP contribution is 2.33. The molecule has 0 atom stereocenters. The summed E-state index contributed by atoms with van der Waals surface area (Å²) >= 11 is 3.26. The Morgan fingerprint density at radius 1 is 1.15 bits per heavy atom. The average Bonchev–Trinajstić information content (AvgIpc) is 2.43. The van der Waals surface area contributed by atoms with E-state index in [1.807, 2.05) is 31.2 Å². The van der Waals surface area contributed by atoms with E-state index in [1.54, 1.807) is 6.07 Å². The van der Waals surface area contributed by atoms with E-state index >= 15 is 0 Å². The molecule has 1 heterocycles. The van der Waals surface area contributed by atoms with Crippen molar-refractivity contribution in [1.29, 1.82) is 0 Å². The fourth-order valence-corrected chi connectivity index (χ4v) is 2.58. The van der Waals surface area contributed by atoms with Crippen LogP contribution in [0.4, 0.5) is 0 Å². The number of fused-ring (bicyclic) bond motifs is 1. The monoisotopic (exact) mass is 330 g/mol. The molecule has 0 aliphatic carbocycles. The van der Waals surface area contributed by atoms with Crippen LogP contribution in [0.3, 0.4) is 0 Å². The third kappa shape index (κ3) is 2.02. The molecule has 0 bridgehead atoms. The van der Waals surface area contributed by atoms with Gasteiger partial charge >= 0.3 is 0 Å². The van der Waals surface area contributed by atoms with Crippen molar-refractivity contribution in [3.8, 4) is 17.1 Å². The van der Waals surface area contributed by atoms with Gasteiger partial charge in [-0.25, -0.2) is 0 Å². The van der Waals surface area contributed by atoms with Crippen LogP contribution in [0.1, 0.15) is 5.56 Å². The minimum Gasteiger partial charge on any atom is -0.507 e. The second kappa shape index (κ2) is 4.80. The van der Waals surface area contributed by atoms with Gasteiger partial charge in [-0.3, -0.25) is 4.79 Å². The fraction of sp³-hybridized carbons (Fsp3) is 0.0625. The van der Waals surface area contributed by atoms with E-state index in [0.717, 1.165) is 11.1 Å². The number of aryl methyl sites for hydroxylation is 1. The Balaban J connectivity index is 2.38. The first-order valence-electron chi connectivity index (χ1n) is 6.09. The lowest BCUT2D eigenvalue weighted by Gasteiger charge is -2.07. The number of hydrogen-bond acceptors (Lipinski definition) is 3. The van der Waals surface area contributed by atoms with Crippen LogP contribution >= 0.6 is 15.9 Å². The van der Waals surface area contributed by atoms with Gasteiger partial charge in [0.2, 0.25) is 0 Å². The normalized spacial score (nSPS) is 10.9. The summed E-state index contributed by atoms with van der Waals surface area (Å²) in [5.74, 6) is 0.537. The zero-order valence-corrected chi connectivity index (χ0v) is 12.3. The van der Waals surface area contributed by atoms with E-state index in [1.165, 1.54) is 12.1 Å². The van der Waals surface area contributed by atoms with Crippen LogP contribution in [0, 0.1) is 6.92 Å². The molecule has 0 radical (unpaired) electrons. The Morgan fingerprint density at radius 2 is 1.90 bits per heavy atom. The van der Waals surface area contributed by atoms with Crippen LogP contribution in [0.25, 0.3) is 22.3 Å². The molecule has 0 aliphatic heterocycles. The van der Waals surface area contributed by atoms with E-state index in [-0.39, 0.29) is 11.2 Å². The number of benzene rings is 2. The summed E-state index contributed by atoms with van der Waals surface area (Å²) in [7, 11) is 0. The maximum absolute atomic E-state index is 12.2. The molecule has 1 aromatic heterocycles. The molecule has 3 rings (SSSR count). The van der Waals surface area contributed by atoms with Crippen LogP contribution in [0.2, 0.25) is 0 Å². The molecule has 1 N–H and O–H groups in total. The SMILES string of the molecule is Cc1ccccc1-c1cc(=O)c2ccc(O)c(Br)c2o1. The van der Waals surface area contributed by atoms with Crippen LogP contribution in [-0.4, -0.2) is 5.11 Å². The number of halogens is 1. The molecular formula is C16H11BrO3. The topological polar surface area (TPSA) is 50.4 Å². The summed E-state index contributed by atoms with van der Waals surface area (Å²) < 4.78 is 6.21. The summed E-state index contributed by atoms with van der Waals surface area (Å²) in [6.45, 7) is 1.96. The largest absolute Gasteiger partial charge is 0.507 e. The molecule has 0 saturated carbocycles.